The molecule has 0 saturated carbocycles. The average Bonchev–Trinajstić information content (AvgIpc) is 2.96. The summed E-state index contributed by atoms with van der Waals surface area (Å²) in [7, 11) is 1.43. The Kier molecular flexibility index (Phi) is 8.45. The molecule has 42 heavy (non-hydrogen) atoms. The van der Waals surface area contributed by atoms with Crippen LogP contribution in [-0.4, -0.2) is 23.0 Å². The van der Waals surface area contributed by atoms with Gasteiger partial charge in [0.25, 0.3) is 5.56 Å². The van der Waals surface area contributed by atoms with Gasteiger partial charge >= 0.3 is 6.18 Å². The highest BCUT2D eigenvalue weighted by Gasteiger charge is 2.31. The molecule has 12 heteroatoms. The quantitative estimate of drug-likeness (QED) is 0.169. The third-order valence-corrected chi connectivity index (χ3v) is 6.97. The van der Waals surface area contributed by atoms with Gasteiger partial charge in [-0.1, -0.05) is 65.1 Å². The van der Waals surface area contributed by atoms with Crippen LogP contribution in [0.3, 0.4) is 0 Å². The van der Waals surface area contributed by atoms with E-state index >= 15 is 0 Å². The lowest BCUT2D eigenvalue weighted by atomic mass is 10.1. The largest absolute Gasteiger partial charge is 0.493 e. The maximum Gasteiger partial charge on any atom is 0.416 e. The summed E-state index contributed by atoms with van der Waals surface area (Å²) in [6.45, 7) is 0.0296. The molecule has 1 heterocycles. The number of rotatable bonds is 7. The van der Waals surface area contributed by atoms with Gasteiger partial charge in [0, 0.05) is 37.8 Å². The van der Waals surface area contributed by atoms with E-state index in [4.69, 9.17) is 44.3 Å². The summed E-state index contributed by atoms with van der Waals surface area (Å²) in [5, 5.41) is 5.72. The second kappa shape index (κ2) is 12.1. The van der Waals surface area contributed by atoms with Crippen LogP contribution in [0.1, 0.15) is 16.7 Å². The molecule has 6 nitrogen and oxygen atoms in total. The van der Waals surface area contributed by atoms with Gasteiger partial charge in [0.2, 0.25) is 0 Å². The van der Waals surface area contributed by atoms with Gasteiger partial charge in [-0.15, -0.1) is 0 Å². The Morgan fingerprint density at radius 2 is 1.74 bits per heavy atom. The minimum atomic E-state index is -4.60. The van der Waals surface area contributed by atoms with Crippen molar-refractivity contribution >= 4 is 51.9 Å². The van der Waals surface area contributed by atoms with E-state index in [-0.39, 0.29) is 39.9 Å². The molecule has 0 amide bonds. The second-order valence-electron chi connectivity index (χ2n) is 8.94. The highest BCUT2D eigenvalue weighted by Crippen LogP contribution is 2.36. The predicted molar refractivity (Wildman–Crippen MR) is 158 cm³/mol. The van der Waals surface area contributed by atoms with E-state index in [1.54, 1.807) is 42.5 Å². The van der Waals surface area contributed by atoms with Crippen molar-refractivity contribution in [3.05, 3.63) is 121 Å². The van der Waals surface area contributed by atoms with E-state index in [0.717, 1.165) is 16.8 Å². The highest BCUT2D eigenvalue weighted by molar-refractivity contribution is 6.35. The third kappa shape index (κ3) is 6.23. The number of benzene rings is 4. The Labute approximate surface area is 252 Å². The number of methoxy groups -OCH3 is 1. The zero-order chi connectivity index (χ0) is 30.0. The lowest BCUT2D eigenvalue weighted by Crippen LogP contribution is -2.20. The number of nitrogens with zero attached hydrogens (tertiary/aromatic N) is 3. The van der Waals surface area contributed by atoms with Crippen molar-refractivity contribution in [1.29, 1.82) is 0 Å². The van der Waals surface area contributed by atoms with Gasteiger partial charge in [0.05, 0.1) is 29.8 Å². The van der Waals surface area contributed by atoms with E-state index in [2.05, 4.69) is 10.1 Å². The molecule has 0 atom stereocenters. The molecule has 0 bridgehead atoms. The highest BCUT2D eigenvalue weighted by atomic mass is 35.5. The molecule has 0 spiro atoms. The Bertz CT molecular complexity index is 1890. The van der Waals surface area contributed by atoms with Crippen LogP contribution in [0.5, 0.6) is 11.5 Å². The fraction of sp³-hybridized carbons (Fsp3) is 0.100. The van der Waals surface area contributed by atoms with E-state index in [0.29, 0.717) is 26.7 Å². The van der Waals surface area contributed by atoms with Crippen molar-refractivity contribution in [2.75, 3.05) is 7.11 Å². The number of halogens is 6. The zero-order valence-corrected chi connectivity index (χ0v) is 23.9. The molecular weight excluding hydrogens is 614 g/mol. The standard InChI is InChI=1S/C30H19Cl3F3N3O3/c1-41-26-14-22(32)12-19(27(26)42-16-18-9-10-21(31)13-24(18)33)15-37-39-28(17-5-4-6-20(11-17)30(34,35)36)38-25-8-3-2-7-23(25)29(39)40/h2-15H,16H2,1H3. The van der Waals surface area contributed by atoms with Crippen LogP contribution in [-0.2, 0) is 12.8 Å². The molecule has 0 N–H and O–H groups in total. The summed E-state index contributed by atoms with van der Waals surface area (Å²) < 4.78 is 53.0. The summed E-state index contributed by atoms with van der Waals surface area (Å²) >= 11 is 18.6. The van der Waals surface area contributed by atoms with Crippen molar-refractivity contribution in [3.8, 4) is 22.9 Å². The second-order valence-corrected chi connectivity index (χ2v) is 10.2. The summed E-state index contributed by atoms with van der Waals surface area (Å²) in [5.74, 6) is 0.417. The molecule has 0 aliphatic rings. The molecule has 0 radical (unpaired) electrons. The molecule has 5 aromatic rings. The number of aromatic nitrogens is 2. The summed E-state index contributed by atoms with van der Waals surface area (Å²) in [6, 6.07) is 19.0. The molecule has 5 rings (SSSR count). The molecule has 0 aliphatic heterocycles. The molecule has 1 aromatic heterocycles. The van der Waals surface area contributed by atoms with Crippen LogP contribution >= 0.6 is 34.8 Å². The monoisotopic (exact) mass is 631 g/mol. The van der Waals surface area contributed by atoms with Gasteiger partial charge in [-0.3, -0.25) is 4.79 Å². The number of hydrogen-bond donors (Lipinski definition) is 0. The van der Waals surface area contributed by atoms with Crippen LogP contribution in [0, 0.1) is 0 Å². The Balaban J connectivity index is 1.64. The number of fused-ring (bicyclic) bond motifs is 1. The van der Waals surface area contributed by atoms with Crippen molar-refractivity contribution in [3.63, 3.8) is 0 Å². The van der Waals surface area contributed by atoms with Crippen LogP contribution < -0.4 is 15.0 Å². The first-order valence-electron chi connectivity index (χ1n) is 12.2. The van der Waals surface area contributed by atoms with Crippen LogP contribution in [0.15, 0.2) is 88.8 Å². The van der Waals surface area contributed by atoms with E-state index in [1.807, 2.05) is 0 Å². The minimum absolute atomic E-state index is 0.0296. The van der Waals surface area contributed by atoms with E-state index in [1.165, 1.54) is 37.6 Å². The molecule has 4 aromatic carbocycles. The maximum atomic E-state index is 13.6. The van der Waals surface area contributed by atoms with Crippen molar-refractivity contribution in [2.24, 2.45) is 5.10 Å². The molecule has 0 aliphatic carbocycles. The first kappa shape index (κ1) is 29.4. The molecule has 0 unspecified atom stereocenters. The lowest BCUT2D eigenvalue weighted by molar-refractivity contribution is -0.137. The van der Waals surface area contributed by atoms with Crippen molar-refractivity contribution < 1.29 is 22.6 Å². The van der Waals surface area contributed by atoms with Crippen LogP contribution in [0.25, 0.3) is 22.3 Å². The Morgan fingerprint density at radius 3 is 2.48 bits per heavy atom. The molecule has 0 saturated heterocycles. The number of hydrogen-bond acceptors (Lipinski definition) is 5. The normalized spacial score (nSPS) is 11.8. The van der Waals surface area contributed by atoms with Gasteiger partial charge < -0.3 is 9.47 Å². The van der Waals surface area contributed by atoms with Crippen molar-refractivity contribution in [1.82, 2.24) is 9.66 Å². The fourth-order valence-electron chi connectivity index (χ4n) is 4.15. The molecular formula is C30H19Cl3F3N3O3. The topological polar surface area (TPSA) is 65.7 Å². The third-order valence-electron chi connectivity index (χ3n) is 6.17. The summed E-state index contributed by atoms with van der Waals surface area (Å²) in [4.78, 5) is 18.0. The number of para-hydroxylation sites is 1. The molecule has 214 valence electrons. The average molecular weight is 633 g/mol. The predicted octanol–water partition coefficient (Wildman–Crippen LogP) is 8.51. The SMILES string of the molecule is COc1cc(Cl)cc(C=Nn2c(-c3cccc(C(F)(F)F)c3)nc3ccccc3c2=O)c1OCc1ccc(Cl)cc1Cl. The molecule has 0 fully saturated rings. The maximum absolute atomic E-state index is 13.6. The van der Waals surface area contributed by atoms with Gasteiger partial charge in [0.15, 0.2) is 17.3 Å². The summed E-state index contributed by atoms with van der Waals surface area (Å²) in [5.41, 5.74) is -0.179. The van der Waals surface area contributed by atoms with Gasteiger partial charge in [-0.2, -0.15) is 22.9 Å². The first-order chi connectivity index (χ1) is 20.0. The van der Waals surface area contributed by atoms with Gasteiger partial charge in [0.1, 0.15) is 6.61 Å². The van der Waals surface area contributed by atoms with Gasteiger partial charge in [-0.05, 0) is 42.5 Å². The zero-order valence-electron chi connectivity index (χ0n) is 21.6. The minimum Gasteiger partial charge on any atom is -0.493 e. The Hall–Kier alpha value is -4.05. The van der Waals surface area contributed by atoms with E-state index < -0.39 is 17.3 Å². The lowest BCUT2D eigenvalue weighted by Gasteiger charge is -2.15. The first-order valence-corrected chi connectivity index (χ1v) is 13.4. The Morgan fingerprint density at radius 1 is 0.952 bits per heavy atom. The van der Waals surface area contributed by atoms with Crippen molar-refractivity contribution in [2.45, 2.75) is 12.8 Å². The fourth-order valence-corrected chi connectivity index (χ4v) is 4.83. The number of ether oxygens (including phenoxy) is 2. The van der Waals surface area contributed by atoms with Crippen LogP contribution in [0.4, 0.5) is 13.2 Å². The summed E-state index contributed by atoms with van der Waals surface area (Å²) in [6.07, 6.45) is -3.31. The number of alkyl halides is 3. The van der Waals surface area contributed by atoms with Gasteiger partial charge in [-0.25, -0.2) is 4.98 Å². The smallest absolute Gasteiger partial charge is 0.416 e. The van der Waals surface area contributed by atoms with Crippen LogP contribution in [0.2, 0.25) is 15.1 Å². The van der Waals surface area contributed by atoms with E-state index in [9.17, 15) is 18.0 Å².